The highest BCUT2D eigenvalue weighted by Crippen LogP contribution is 2.16. The molecule has 0 saturated carbocycles. The van der Waals surface area contributed by atoms with Crippen LogP contribution in [-0.2, 0) is 4.79 Å². The Kier molecular flexibility index (Phi) is 29.5. The van der Waals surface area contributed by atoms with Crippen LogP contribution in [0.5, 0.6) is 0 Å². The van der Waals surface area contributed by atoms with Crippen molar-refractivity contribution in [1.82, 2.24) is 0 Å². The number of hydrogen-bond acceptors (Lipinski definition) is 1. The molecule has 0 amide bonds. The third-order valence-electron chi connectivity index (χ3n) is 7.23. The first-order chi connectivity index (χ1) is 16.8. The highest BCUT2D eigenvalue weighted by molar-refractivity contribution is 5.79. The molecule has 0 atom stereocenters. The molecule has 0 saturated heterocycles. The van der Waals surface area contributed by atoms with Crippen molar-refractivity contribution in [1.29, 1.82) is 0 Å². The van der Waals surface area contributed by atoms with Crippen molar-refractivity contribution in [3.8, 4) is 0 Å². The minimum Gasteiger partial charge on any atom is -0.478 e. The summed E-state index contributed by atoms with van der Waals surface area (Å²) in [7, 11) is 0. The Labute approximate surface area is 214 Å². The Morgan fingerprint density at radius 2 is 0.676 bits per heavy atom. The van der Waals surface area contributed by atoms with Crippen LogP contribution in [0, 0.1) is 0 Å². The van der Waals surface area contributed by atoms with Crippen LogP contribution in [0.1, 0.15) is 187 Å². The van der Waals surface area contributed by atoms with Gasteiger partial charge in [-0.3, -0.25) is 0 Å². The third kappa shape index (κ3) is 31.2. The molecule has 0 rings (SSSR count). The Bertz CT molecular complexity index is 415. The van der Waals surface area contributed by atoms with Crippen LogP contribution in [0.25, 0.3) is 0 Å². The molecule has 0 heterocycles. The van der Waals surface area contributed by atoms with Crippen molar-refractivity contribution in [2.45, 2.75) is 187 Å². The summed E-state index contributed by atoms with van der Waals surface area (Å²) in [6.45, 7) is 2.30. The van der Waals surface area contributed by atoms with Gasteiger partial charge in [-0.1, -0.05) is 180 Å². The Hall–Kier alpha value is -0.790. The number of unbranched alkanes of at least 4 members (excludes halogenated alkanes) is 27. The quantitative estimate of drug-likeness (QED) is 0.0857. The van der Waals surface area contributed by atoms with Crippen LogP contribution in [0.3, 0.4) is 0 Å². The summed E-state index contributed by atoms with van der Waals surface area (Å²) in [5, 5.41) is 8.53. The SMILES string of the molecule is CCCCCCCCCCCCCCCCCCCCCCCCCCCCCC=CC(=O)O. The summed E-state index contributed by atoms with van der Waals surface area (Å²) in [4.78, 5) is 10.4. The van der Waals surface area contributed by atoms with Gasteiger partial charge in [0.15, 0.2) is 0 Å². The molecule has 2 nitrogen and oxygen atoms in total. The molecule has 0 unspecified atom stereocenters. The molecule has 1 N–H and O–H groups in total. The fourth-order valence-electron chi connectivity index (χ4n) is 4.94. The first kappa shape index (κ1) is 33.2. The second kappa shape index (κ2) is 30.2. The van der Waals surface area contributed by atoms with Gasteiger partial charge in [0, 0.05) is 6.08 Å². The lowest BCUT2D eigenvalue weighted by molar-refractivity contribution is -0.131. The molecule has 0 aliphatic carbocycles. The van der Waals surface area contributed by atoms with Crippen molar-refractivity contribution in [3.05, 3.63) is 12.2 Å². The summed E-state index contributed by atoms with van der Waals surface area (Å²) in [6, 6.07) is 0. The van der Waals surface area contributed by atoms with Gasteiger partial charge in [-0.2, -0.15) is 0 Å². The van der Waals surface area contributed by atoms with Crippen LogP contribution in [0.2, 0.25) is 0 Å². The van der Waals surface area contributed by atoms with E-state index in [1.807, 2.05) is 0 Å². The number of rotatable bonds is 29. The maximum absolute atomic E-state index is 10.4. The monoisotopic (exact) mass is 478 g/mol. The van der Waals surface area contributed by atoms with Crippen LogP contribution in [0.4, 0.5) is 0 Å². The summed E-state index contributed by atoms with van der Waals surface area (Å²) >= 11 is 0. The molecule has 202 valence electrons. The number of carboxylic acids is 1. The van der Waals surface area contributed by atoms with E-state index in [1.165, 1.54) is 173 Å². The van der Waals surface area contributed by atoms with E-state index in [0.29, 0.717) is 0 Å². The second-order valence-corrected chi connectivity index (χ2v) is 10.7. The zero-order valence-electron chi connectivity index (χ0n) is 23.3. The molecule has 0 spiro atoms. The molecule has 0 radical (unpaired) electrons. The predicted octanol–water partition coefficient (Wildman–Crippen LogP) is 11.6. The second-order valence-electron chi connectivity index (χ2n) is 10.7. The van der Waals surface area contributed by atoms with Gasteiger partial charge in [-0.05, 0) is 12.8 Å². The number of allylic oxidation sites excluding steroid dienone is 1. The van der Waals surface area contributed by atoms with E-state index in [-0.39, 0.29) is 0 Å². The minimum atomic E-state index is -0.829. The third-order valence-corrected chi connectivity index (χ3v) is 7.23. The average molecular weight is 479 g/mol. The van der Waals surface area contributed by atoms with E-state index in [0.717, 1.165) is 12.8 Å². The zero-order chi connectivity index (χ0) is 24.8. The summed E-state index contributed by atoms with van der Waals surface area (Å²) in [5.74, 6) is -0.829. The fourth-order valence-corrected chi connectivity index (χ4v) is 4.94. The van der Waals surface area contributed by atoms with Gasteiger partial charge >= 0.3 is 5.97 Å². The maximum Gasteiger partial charge on any atom is 0.327 e. The number of carboxylic acid groups (broad SMARTS) is 1. The van der Waals surface area contributed by atoms with Crippen molar-refractivity contribution in [3.63, 3.8) is 0 Å². The van der Waals surface area contributed by atoms with Crippen LogP contribution in [-0.4, -0.2) is 11.1 Å². The van der Waals surface area contributed by atoms with Crippen LogP contribution < -0.4 is 0 Å². The van der Waals surface area contributed by atoms with Gasteiger partial charge in [0.1, 0.15) is 0 Å². The molecule has 0 aromatic heterocycles. The molecule has 0 fully saturated rings. The van der Waals surface area contributed by atoms with Crippen molar-refractivity contribution < 1.29 is 9.90 Å². The summed E-state index contributed by atoms with van der Waals surface area (Å²) in [6.07, 6.45) is 42.3. The first-order valence-electron chi connectivity index (χ1n) is 15.7. The van der Waals surface area contributed by atoms with Gasteiger partial charge in [-0.25, -0.2) is 4.79 Å². The number of hydrogen-bond donors (Lipinski definition) is 1. The zero-order valence-corrected chi connectivity index (χ0v) is 23.3. The van der Waals surface area contributed by atoms with Gasteiger partial charge < -0.3 is 5.11 Å². The normalized spacial score (nSPS) is 11.6. The highest BCUT2D eigenvalue weighted by atomic mass is 16.4. The summed E-state index contributed by atoms with van der Waals surface area (Å²) in [5.41, 5.74) is 0. The topological polar surface area (TPSA) is 37.3 Å². The molecule has 0 aromatic rings. The average Bonchev–Trinajstić information content (AvgIpc) is 2.83. The Morgan fingerprint density at radius 1 is 0.441 bits per heavy atom. The standard InChI is InChI=1S/C32H62O2/c1-2-3-4-5-6-7-8-9-10-11-12-13-14-15-16-17-18-19-20-21-22-23-24-25-26-27-28-29-30-31-32(33)34/h30-31H,2-29H2,1H3,(H,33,34). The molecular formula is C32H62O2. The van der Waals surface area contributed by atoms with Crippen molar-refractivity contribution >= 4 is 5.97 Å². The molecule has 0 aliphatic rings. The molecular weight excluding hydrogens is 416 g/mol. The number of aliphatic carboxylic acids is 1. The largest absolute Gasteiger partial charge is 0.478 e. The van der Waals surface area contributed by atoms with Gasteiger partial charge in [0.25, 0.3) is 0 Å². The van der Waals surface area contributed by atoms with E-state index < -0.39 is 5.97 Å². The Morgan fingerprint density at radius 3 is 0.912 bits per heavy atom. The molecule has 0 aliphatic heterocycles. The summed E-state index contributed by atoms with van der Waals surface area (Å²) < 4.78 is 0. The van der Waals surface area contributed by atoms with Crippen molar-refractivity contribution in [2.75, 3.05) is 0 Å². The van der Waals surface area contributed by atoms with Gasteiger partial charge in [0.2, 0.25) is 0 Å². The van der Waals surface area contributed by atoms with Crippen LogP contribution >= 0.6 is 0 Å². The van der Waals surface area contributed by atoms with Gasteiger partial charge in [0.05, 0.1) is 0 Å². The van der Waals surface area contributed by atoms with E-state index in [1.54, 1.807) is 6.08 Å². The molecule has 0 bridgehead atoms. The lowest BCUT2D eigenvalue weighted by atomic mass is 10.0. The molecule has 2 heteroatoms. The smallest absolute Gasteiger partial charge is 0.327 e. The minimum absolute atomic E-state index is 0.829. The van der Waals surface area contributed by atoms with E-state index >= 15 is 0 Å². The first-order valence-corrected chi connectivity index (χ1v) is 15.7. The number of carbonyl (C=O) groups is 1. The highest BCUT2D eigenvalue weighted by Gasteiger charge is 1.96. The molecule has 34 heavy (non-hydrogen) atoms. The van der Waals surface area contributed by atoms with E-state index in [9.17, 15) is 4.79 Å². The lowest BCUT2D eigenvalue weighted by Crippen LogP contribution is -1.86. The van der Waals surface area contributed by atoms with E-state index in [2.05, 4.69) is 6.92 Å². The van der Waals surface area contributed by atoms with Crippen LogP contribution in [0.15, 0.2) is 12.2 Å². The van der Waals surface area contributed by atoms with E-state index in [4.69, 9.17) is 5.11 Å². The molecule has 0 aromatic carbocycles. The van der Waals surface area contributed by atoms with Crippen molar-refractivity contribution in [2.24, 2.45) is 0 Å². The Balaban J connectivity index is 3.03. The van der Waals surface area contributed by atoms with Gasteiger partial charge in [-0.15, -0.1) is 0 Å². The lowest BCUT2D eigenvalue weighted by Gasteiger charge is -2.04. The maximum atomic E-state index is 10.4. The predicted molar refractivity (Wildman–Crippen MR) is 152 cm³/mol. The fraction of sp³-hybridized carbons (Fsp3) is 0.906.